The minimum atomic E-state index is -0.142. The van der Waals surface area contributed by atoms with Gasteiger partial charge in [0, 0.05) is 32.6 Å². The highest BCUT2D eigenvalue weighted by Crippen LogP contribution is 2.26. The van der Waals surface area contributed by atoms with E-state index in [-0.39, 0.29) is 23.7 Å². The molecule has 28 heavy (non-hydrogen) atoms. The summed E-state index contributed by atoms with van der Waals surface area (Å²) in [5.41, 5.74) is 2.53. The van der Waals surface area contributed by atoms with Crippen molar-refractivity contribution in [2.24, 2.45) is 16.8 Å². The van der Waals surface area contributed by atoms with Crippen molar-refractivity contribution in [3.05, 3.63) is 71.8 Å². The number of methoxy groups -OCH3 is 1. The van der Waals surface area contributed by atoms with Gasteiger partial charge in [-0.05, 0) is 17.0 Å². The van der Waals surface area contributed by atoms with Crippen LogP contribution in [0.2, 0.25) is 0 Å². The Kier molecular flexibility index (Phi) is 6.69. The fourth-order valence-corrected chi connectivity index (χ4v) is 3.92. The van der Waals surface area contributed by atoms with Gasteiger partial charge in [-0.15, -0.1) is 0 Å². The zero-order chi connectivity index (χ0) is 19.9. The number of guanidine groups is 1. The standard InChI is InChI=1S/C23H29N3O2/c1-17-15-26(16-21(17)22(27)28-3)23(24-2)25-14-20(18-10-6-4-7-11-18)19-12-8-5-9-13-19/h4-13,17,20-21H,14-16H2,1-3H3,(H,24,25). The van der Waals surface area contributed by atoms with Gasteiger partial charge >= 0.3 is 5.97 Å². The monoisotopic (exact) mass is 379 g/mol. The Morgan fingerprint density at radius 2 is 1.68 bits per heavy atom. The molecule has 1 N–H and O–H groups in total. The van der Waals surface area contributed by atoms with E-state index in [4.69, 9.17) is 4.74 Å². The number of likely N-dealkylation sites (tertiary alicyclic amines) is 1. The molecule has 148 valence electrons. The topological polar surface area (TPSA) is 53.9 Å². The highest BCUT2D eigenvalue weighted by atomic mass is 16.5. The molecule has 1 saturated heterocycles. The van der Waals surface area contributed by atoms with Gasteiger partial charge in [0.05, 0.1) is 13.0 Å². The maximum absolute atomic E-state index is 12.0. The van der Waals surface area contributed by atoms with E-state index in [1.54, 1.807) is 7.05 Å². The van der Waals surface area contributed by atoms with Gasteiger partial charge in [0.1, 0.15) is 0 Å². The van der Waals surface area contributed by atoms with E-state index < -0.39 is 0 Å². The SMILES string of the molecule is CN=C(NCC(c1ccccc1)c1ccccc1)N1CC(C)C(C(=O)OC)C1. The van der Waals surface area contributed by atoms with E-state index in [2.05, 4.69) is 70.7 Å². The molecule has 0 amide bonds. The number of carbonyl (C=O) groups is 1. The van der Waals surface area contributed by atoms with Gasteiger partial charge in [-0.3, -0.25) is 9.79 Å². The Balaban J connectivity index is 1.73. The van der Waals surface area contributed by atoms with Gasteiger partial charge < -0.3 is 15.0 Å². The predicted molar refractivity (Wildman–Crippen MR) is 112 cm³/mol. The lowest BCUT2D eigenvalue weighted by Gasteiger charge is -2.25. The van der Waals surface area contributed by atoms with Gasteiger partial charge in [0.25, 0.3) is 0 Å². The summed E-state index contributed by atoms with van der Waals surface area (Å²) in [5, 5.41) is 3.53. The minimum absolute atomic E-state index is 0.109. The third-order valence-corrected chi connectivity index (χ3v) is 5.50. The van der Waals surface area contributed by atoms with Gasteiger partial charge in [-0.2, -0.15) is 0 Å². The number of nitrogens with one attached hydrogen (secondary N) is 1. The Hall–Kier alpha value is -2.82. The van der Waals surface area contributed by atoms with Crippen LogP contribution in [0.25, 0.3) is 0 Å². The number of ether oxygens (including phenoxy) is 1. The lowest BCUT2D eigenvalue weighted by atomic mass is 9.91. The summed E-state index contributed by atoms with van der Waals surface area (Å²) >= 11 is 0. The van der Waals surface area contributed by atoms with Crippen LogP contribution in [0.15, 0.2) is 65.7 Å². The number of carbonyl (C=O) groups excluding carboxylic acids is 1. The van der Waals surface area contributed by atoms with Crippen molar-refractivity contribution in [3.63, 3.8) is 0 Å². The lowest BCUT2D eigenvalue weighted by molar-refractivity contribution is -0.145. The first kappa shape index (κ1) is 19.9. The van der Waals surface area contributed by atoms with E-state index in [0.717, 1.165) is 19.0 Å². The van der Waals surface area contributed by atoms with Crippen LogP contribution in [-0.4, -0.2) is 50.6 Å². The number of aliphatic imine (C=N–C) groups is 1. The van der Waals surface area contributed by atoms with Crippen molar-refractivity contribution in [2.45, 2.75) is 12.8 Å². The molecule has 2 unspecified atom stereocenters. The molecule has 5 heteroatoms. The second kappa shape index (κ2) is 9.40. The minimum Gasteiger partial charge on any atom is -0.469 e. The summed E-state index contributed by atoms with van der Waals surface area (Å²) in [6.45, 7) is 4.25. The summed E-state index contributed by atoms with van der Waals surface area (Å²) in [6.07, 6.45) is 0. The van der Waals surface area contributed by atoms with Crippen LogP contribution in [0.1, 0.15) is 24.0 Å². The van der Waals surface area contributed by atoms with Crippen molar-refractivity contribution in [1.29, 1.82) is 0 Å². The van der Waals surface area contributed by atoms with Crippen molar-refractivity contribution in [2.75, 3.05) is 33.8 Å². The molecule has 2 aromatic rings. The Morgan fingerprint density at radius 1 is 1.11 bits per heavy atom. The summed E-state index contributed by atoms with van der Waals surface area (Å²) in [6, 6.07) is 21.0. The molecule has 2 aromatic carbocycles. The third-order valence-electron chi connectivity index (χ3n) is 5.50. The highest BCUT2D eigenvalue weighted by molar-refractivity contribution is 5.82. The molecule has 0 bridgehead atoms. The first-order valence-electron chi connectivity index (χ1n) is 9.77. The average molecular weight is 380 g/mol. The van der Waals surface area contributed by atoms with Gasteiger partial charge in [0.2, 0.25) is 0 Å². The molecule has 1 heterocycles. The molecule has 1 aliphatic rings. The van der Waals surface area contributed by atoms with Crippen molar-refractivity contribution >= 4 is 11.9 Å². The fourth-order valence-electron chi connectivity index (χ4n) is 3.92. The molecule has 3 rings (SSSR count). The quantitative estimate of drug-likeness (QED) is 0.493. The van der Waals surface area contributed by atoms with Crippen LogP contribution in [-0.2, 0) is 9.53 Å². The number of nitrogens with zero attached hydrogens (tertiary/aromatic N) is 2. The zero-order valence-corrected chi connectivity index (χ0v) is 16.8. The first-order chi connectivity index (χ1) is 13.6. The Bertz CT molecular complexity index is 753. The van der Waals surface area contributed by atoms with Crippen LogP contribution in [0.3, 0.4) is 0 Å². The number of rotatable bonds is 5. The molecule has 0 spiro atoms. The van der Waals surface area contributed by atoms with Crippen LogP contribution in [0, 0.1) is 11.8 Å². The number of hydrogen-bond acceptors (Lipinski definition) is 3. The molecule has 0 aromatic heterocycles. The maximum Gasteiger partial charge on any atom is 0.310 e. The van der Waals surface area contributed by atoms with E-state index in [9.17, 15) is 4.79 Å². The van der Waals surface area contributed by atoms with Crippen molar-refractivity contribution in [1.82, 2.24) is 10.2 Å². The van der Waals surface area contributed by atoms with E-state index in [0.29, 0.717) is 6.54 Å². The number of esters is 1. The van der Waals surface area contributed by atoms with Crippen LogP contribution in [0.5, 0.6) is 0 Å². The van der Waals surface area contributed by atoms with E-state index in [1.807, 2.05) is 12.1 Å². The fraction of sp³-hybridized carbons (Fsp3) is 0.391. The molecular weight excluding hydrogens is 350 g/mol. The second-order valence-corrected chi connectivity index (χ2v) is 7.31. The predicted octanol–water partition coefficient (Wildman–Crippen LogP) is 3.13. The Morgan fingerprint density at radius 3 is 2.18 bits per heavy atom. The molecule has 1 fully saturated rings. The smallest absolute Gasteiger partial charge is 0.310 e. The van der Waals surface area contributed by atoms with Gasteiger partial charge in [-0.25, -0.2) is 0 Å². The van der Waals surface area contributed by atoms with Gasteiger partial charge in [0.15, 0.2) is 5.96 Å². The van der Waals surface area contributed by atoms with Gasteiger partial charge in [-0.1, -0.05) is 67.6 Å². The molecule has 2 atom stereocenters. The summed E-state index contributed by atoms with van der Waals surface area (Å²) in [4.78, 5) is 18.6. The number of benzene rings is 2. The highest BCUT2D eigenvalue weighted by Gasteiger charge is 2.37. The zero-order valence-electron chi connectivity index (χ0n) is 16.8. The summed E-state index contributed by atoms with van der Waals surface area (Å²) in [7, 11) is 3.24. The molecule has 0 aliphatic carbocycles. The van der Waals surface area contributed by atoms with E-state index >= 15 is 0 Å². The molecular formula is C23H29N3O2. The normalized spacial score (nSPS) is 19.7. The largest absolute Gasteiger partial charge is 0.469 e. The van der Waals surface area contributed by atoms with Crippen molar-refractivity contribution in [3.8, 4) is 0 Å². The van der Waals surface area contributed by atoms with Crippen LogP contribution < -0.4 is 5.32 Å². The van der Waals surface area contributed by atoms with Crippen molar-refractivity contribution < 1.29 is 9.53 Å². The molecule has 1 aliphatic heterocycles. The summed E-state index contributed by atoms with van der Waals surface area (Å²) in [5.74, 6) is 1.04. The lowest BCUT2D eigenvalue weighted by Crippen LogP contribution is -2.42. The molecule has 0 saturated carbocycles. The third kappa shape index (κ3) is 4.53. The van der Waals surface area contributed by atoms with Crippen LogP contribution >= 0.6 is 0 Å². The average Bonchev–Trinajstić information content (AvgIpc) is 3.13. The molecule has 5 nitrogen and oxygen atoms in total. The van der Waals surface area contributed by atoms with E-state index in [1.165, 1.54) is 18.2 Å². The summed E-state index contributed by atoms with van der Waals surface area (Å²) < 4.78 is 4.95. The second-order valence-electron chi connectivity index (χ2n) is 7.31. The number of hydrogen-bond donors (Lipinski definition) is 1. The molecule has 0 radical (unpaired) electrons. The Labute approximate surface area is 167 Å². The first-order valence-corrected chi connectivity index (χ1v) is 9.77. The van der Waals surface area contributed by atoms with Crippen LogP contribution in [0.4, 0.5) is 0 Å². The maximum atomic E-state index is 12.0.